The van der Waals surface area contributed by atoms with E-state index in [0.29, 0.717) is 13.1 Å². The molecule has 0 spiro atoms. The lowest BCUT2D eigenvalue weighted by Gasteiger charge is -2.36. The standard InChI is InChI=1S/C9H17N3O2/c1-7(9(10)14)11-3-5-12(6-4-11)8(2)13/h7H,3-6H2,1-2H3,(H2,10,14)/t7-/m1/s1. The Morgan fingerprint density at radius 1 is 1.21 bits per heavy atom. The van der Waals surface area contributed by atoms with E-state index in [1.165, 1.54) is 0 Å². The van der Waals surface area contributed by atoms with Crippen molar-refractivity contribution in [2.75, 3.05) is 26.2 Å². The second kappa shape index (κ2) is 4.41. The fourth-order valence-corrected chi connectivity index (χ4v) is 1.60. The number of hydrogen-bond acceptors (Lipinski definition) is 3. The number of rotatable bonds is 2. The van der Waals surface area contributed by atoms with Crippen LogP contribution < -0.4 is 5.73 Å². The van der Waals surface area contributed by atoms with Gasteiger partial charge in [-0.1, -0.05) is 0 Å². The van der Waals surface area contributed by atoms with Gasteiger partial charge in [0, 0.05) is 33.1 Å². The number of piperazine rings is 1. The molecule has 2 amide bonds. The van der Waals surface area contributed by atoms with Gasteiger partial charge in [0.1, 0.15) is 0 Å². The first-order chi connectivity index (χ1) is 6.52. The molecule has 0 aromatic rings. The minimum Gasteiger partial charge on any atom is -0.368 e. The van der Waals surface area contributed by atoms with Crippen molar-refractivity contribution in [2.45, 2.75) is 19.9 Å². The minimum absolute atomic E-state index is 0.0939. The number of nitrogens with zero attached hydrogens (tertiary/aromatic N) is 2. The molecule has 0 unspecified atom stereocenters. The lowest BCUT2D eigenvalue weighted by atomic mass is 10.2. The molecule has 0 bridgehead atoms. The summed E-state index contributed by atoms with van der Waals surface area (Å²) in [5.41, 5.74) is 5.20. The van der Waals surface area contributed by atoms with E-state index < -0.39 is 0 Å². The topological polar surface area (TPSA) is 66.6 Å². The third-order valence-electron chi connectivity index (χ3n) is 2.72. The van der Waals surface area contributed by atoms with E-state index in [-0.39, 0.29) is 17.9 Å². The van der Waals surface area contributed by atoms with Crippen LogP contribution in [0.4, 0.5) is 0 Å². The molecule has 5 heteroatoms. The molecule has 5 nitrogen and oxygen atoms in total. The Bertz CT molecular complexity index is 234. The van der Waals surface area contributed by atoms with Crippen LogP contribution in [0.5, 0.6) is 0 Å². The maximum atomic E-state index is 11.0. The van der Waals surface area contributed by atoms with Crippen molar-refractivity contribution in [2.24, 2.45) is 5.73 Å². The van der Waals surface area contributed by atoms with Gasteiger partial charge in [0.2, 0.25) is 11.8 Å². The van der Waals surface area contributed by atoms with E-state index >= 15 is 0 Å². The normalized spacial score (nSPS) is 20.6. The summed E-state index contributed by atoms with van der Waals surface area (Å²) in [6.07, 6.45) is 0. The van der Waals surface area contributed by atoms with Gasteiger partial charge in [0.25, 0.3) is 0 Å². The molecule has 0 aromatic carbocycles. The molecule has 1 aliphatic heterocycles. The third-order valence-corrected chi connectivity index (χ3v) is 2.72. The minimum atomic E-state index is -0.304. The van der Waals surface area contributed by atoms with Crippen molar-refractivity contribution >= 4 is 11.8 Å². The molecule has 1 atom stereocenters. The summed E-state index contributed by atoms with van der Waals surface area (Å²) >= 11 is 0. The van der Waals surface area contributed by atoms with Crippen molar-refractivity contribution in [3.05, 3.63) is 0 Å². The van der Waals surface area contributed by atoms with Crippen LogP contribution in [0.2, 0.25) is 0 Å². The molecule has 0 aliphatic carbocycles. The summed E-state index contributed by atoms with van der Waals surface area (Å²) in [4.78, 5) is 25.7. The van der Waals surface area contributed by atoms with E-state index in [4.69, 9.17) is 5.73 Å². The van der Waals surface area contributed by atoms with Crippen LogP contribution in [-0.4, -0.2) is 53.8 Å². The van der Waals surface area contributed by atoms with E-state index in [2.05, 4.69) is 0 Å². The fraction of sp³-hybridized carbons (Fsp3) is 0.778. The maximum Gasteiger partial charge on any atom is 0.234 e. The maximum absolute atomic E-state index is 11.0. The zero-order valence-electron chi connectivity index (χ0n) is 8.69. The first-order valence-electron chi connectivity index (χ1n) is 4.81. The molecule has 1 rings (SSSR count). The van der Waals surface area contributed by atoms with Gasteiger partial charge in [0.15, 0.2) is 0 Å². The van der Waals surface area contributed by atoms with E-state index in [1.54, 1.807) is 18.7 Å². The quantitative estimate of drug-likeness (QED) is 0.622. The molecular formula is C9H17N3O2. The van der Waals surface area contributed by atoms with Crippen LogP contribution in [0, 0.1) is 0 Å². The summed E-state index contributed by atoms with van der Waals surface area (Å²) < 4.78 is 0. The number of nitrogens with two attached hydrogens (primary N) is 1. The van der Waals surface area contributed by atoms with Crippen LogP contribution in [0.25, 0.3) is 0 Å². The molecule has 80 valence electrons. The lowest BCUT2D eigenvalue weighted by Crippen LogP contribution is -2.53. The summed E-state index contributed by atoms with van der Waals surface area (Å²) in [5, 5.41) is 0. The molecule has 0 aromatic heterocycles. The van der Waals surface area contributed by atoms with Crippen LogP contribution in [0.15, 0.2) is 0 Å². The van der Waals surface area contributed by atoms with E-state index in [1.807, 2.05) is 4.90 Å². The summed E-state index contributed by atoms with van der Waals surface area (Å²) in [5.74, 6) is -0.211. The van der Waals surface area contributed by atoms with Gasteiger partial charge in [-0.15, -0.1) is 0 Å². The molecule has 0 saturated carbocycles. The van der Waals surface area contributed by atoms with Gasteiger partial charge in [-0.3, -0.25) is 14.5 Å². The average Bonchev–Trinajstić information content (AvgIpc) is 2.16. The molecule has 1 aliphatic rings. The highest BCUT2D eigenvalue weighted by Crippen LogP contribution is 2.05. The number of hydrogen-bond donors (Lipinski definition) is 1. The Morgan fingerprint density at radius 3 is 2.07 bits per heavy atom. The number of carbonyl (C=O) groups excluding carboxylic acids is 2. The van der Waals surface area contributed by atoms with Crippen LogP contribution in [-0.2, 0) is 9.59 Å². The molecule has 14 heavy (non-hydrogen) atoms. The SMILES string of the molecule is CC(=O)N1CCN([C@H](C)C(N)=O)CC1. The second-order valence-corrected chi connectivity index (χ2v) is 3.62. The monoisotopic (exact) mass is 199 g/mol. The molecule has 0 radical (unpaired) electrons. The zero-order valence-corrected chi connectivity index (χ0v) is 8.69. The summed E-state index contributed by atoms with van der Waals surface area (Å²) in [6.45, 7) is 6.19. The lowest BCUT2D eigenvalue weighted by molar-refractivity contribution is -0.131. The van der Waals surface area contributed by atoms with Crippen LogP contribution in [0.1, 0.15) is 13.8 Å². The van der Waals surface area contributed by atoms with Crippen molar-refractivity contribution in [1.82, 2.24) is 9.80 Å². The summed E-state index contributed by atoms with van der Waals surface area (Å²) in [7, 11) is 0. The smallest absolute Gasteiger partial charge is 0.234 e. The van der Waals surface area contributed by atoms with Gasteiger partial charge >= 0.3 is 0 Å². The van der Waals surface area contributed by atoms with Gasteiger partial charge in [0.05, 0.1) is 6.04 Å². The average molecular weight is 199 g/mol. The largest absolute Gasteiger partial charge is 0.368 e. The predicted molar refractivity (Wildman–Crippen MR) is 52.5 cm³/mol. The molecule has 1 saturated heterocycles. The highest BCUT2D eigenvalue weighted by Gasteiger charge is 2.24. The van der Waals surface area contributed by atoms with Gasteiger partial charge in [-0.2, -0.15) is 0 Å². The summed E-state index contributed by atoms with van der Waals surface area (Å²) in [6, 6.07) is -0.232. The van der Waals surface area contributed by atoms with Crippen LogP contribution >= 0.6 is 0 Å². The van der Waals surface area contributed by atoms with E-state index in [0.717, 1.165) is 13.1 Å². The highest BCUT2D eigenvalue weighted by molar-refractivity contribution is 5.79. The number of amides is 2. The number of primary amides is 1. The van der Waals surface area contributed by atoms with E-state index in [9.17, 15) is 9.59 Å². The Labute approximate surface area is 83.8 Å². The molecule has 1 fully saturated rings. The number of carbonyl (C=O) groups is 2. The van der Waals surface area contributed by atoms with Gasteiger partial charge in [-0.05, 0) is 6.92 Å². The van der Waals surface area contributed by atoms with Crippen molar-refractivity contribution in [1.29, 1.82) is 0 Å². The molecule has 2 N–H and O–H groups in total. The Hall–Kier alpha value is -1.10. The Morgan fingerprint density at radius 2 is 1.71 bits per heavy atom. The first-order valence-corrected chi connectivity index (χ1v) is 4.81. The van der Waals surface area contributed by atoms with Gasteiger partial charge < -0.3 is 10.6 Å². The second-order valence-electron chi connectivity index (χ2n) is 3.62. The van der Waals surface area contributed by atoms with Gasteiger partial charge in [-0.25, -0.2) is 0 Å². The first kappa shape index (κ1) is 11.0. The Kier molecular flexibility index (Phi) is 3.46. The predicted octanol–water partition coefficient (Wildman–Crippen LogP) is -0.976. The fourth-order valence-electron chi connectivity index (χ4n) is 1.60. The van der Waals surface area contributed by atoms with Crippen molar-refractivity contribution in [3.8, 4) is 0 Å². The van der Waals surface area contributed by atoms with Crippen molar-refractivity contribution < 1.29 is 9.59 Å². The van der Waals surface area contributed by atoms with Crippen molar-refractivity contribution in [3.63, 3.8) is 0 Å². The molecule has 1 heterocycles. The Balaban J connectivity index is 2.43. The zero-order chi connectivity index (χ0) is 10.7. The third kappa shape index (κ3) is 2.45. The van der Waals surface area contributed by atoms with Crippen LogP contribution in [0.3, 0.4) is 0 Å². The molecular weight excluding hydrogens is 182 g/mol. The highest BCUT2D eigenvalue weighted by atomic mass is 16.2.